The predicted octanol–water partition coefficient (Wildman–Crippen LogP) is 4.55. The normalized spacial score (nSPS) is 14.9. The van der Waals surface area contributed by atoms with Crippen molar-refractivity contribution in [2.45, 2.75) is 12.5 Å². The van der Waals surface area contributed by atoms with Crippen molar-refractivity contribution in [3.63, 3.8) is 0 Å². The zero-order valence-corrected chi connectivity index (χ0v) is 18.1. The van der Waals surface area contributed by atoms with Crippen LogP contribution in [-0.2, 0) is 6.42 Å². The van der Waals surface area contributed by atoms with E-state index in [-0.39, 0.29) is 34.5 Å². The first kappa shape index (κ1) is 21.0. The minimum atomic E-state index is -1.15. The molecule has 35 heavy (non-hydrogen) atoms. The van der Waals surface area contributed by atoms with E-state index in [9.17, 15) is 23.5 Å². The number of fused-ring (bicyclic) bond motifs is 5. The fraction of sp³-hybridized carbons (Fsp3) is 0.0741. The number of phenols is 1. The van der Waals surface area contributed by atoms with Gasteiger partial charge in [-0.2, -0.15) is 0 Å². The lowest BCUT2D eigenvalue weighted by atomic mass is 10.0. The Balaban J connectivity index is 1.67. The van der Waals surface area contributed by atoms with Crippen molar-refractivity contribution in [1.82, 2.24) is 14.9 Å². The minimum absolute atomic E-state index is 0.00524. The molecule has 4 aromatic carbocycles. The van der Waals surface area contributed by atoms with Gasteiger partial charge in [-0.25, -0.2) is 13.8 Å². The number of benzene rings is 4. The van der Waals surface area contributed by atoms with Gasteiger partial charge in [-0.1, -0.05) is 36.4 Å². The number of amides is 1. The summed E-state index contributed by atoms with van der Waals surface area (Å²) >= 11 is 0. The van der Waals surface area contributed by atoms with Crippen LogP contribution in [0.4, 0.5) is 8.78 Å². The molecule has 6 nitrogen and oxygen atoms in total. The van der Waals surface area contributed by atoms with Gasteiger partial charge < -0.3 is 10.4 Å². The highest BCUT2D eigenvalue weighted by molar-refractivity contribution is 6.03. The quantitative estimate of drug-likeness (QED) is 0.397. The summed E-state index contributed by atoms with van der Waals surface area (Å²) < 4.78 is 29.4. The van der Waals surface area contributed by atoms with Crippen LogP contribution in [-0.4, -0.2) is 20.6 Å². The first-order valence-corrected chi connectivity index (χ1v) is 10.9. The lowest BCUT2D eigenvalue weighted by Crippen LogP contribution is -2.32. The maximum Gasteiger partial charge on any atom is 0.266 e. The van der Waals surface area contributed by atoms with Gasteiger partial charge in [-0.3, -0.25) is 14.2 Å². The standard InChI is InChI=1S/C27H17F2N3O3/c28-20-12-18-22(13-21(20)29)30-25-23(9-14-5-7-17(33)8-6-14)31-26(34)19-10-15-3-1-2-4-16(15)11-24(19)32(25)27(18)35/h1-8,10-13,23,33H,9H2,(H,31,34). The molecule has 1 aliphatic heterocycles. The van der Waals surface area contributed by atoms with Gasteiger partial charge in [0.1, 0.15) is 11.6 Å². The highest BCUT2D eigenvalue weighted by Gasteiger charge is 2.30. The molecule has 172 valence electrons. The van der Waals surface area contributed by atoms with E-state index in [1.54, 1.807) is 24.3 Å². The molecular formula is C27H17F2N3O3. The molecule has 0 radical (unpaired) electrons. The largest absolute Gasteiger partial charge is 0.508 e. The lowest BCUT2D eigenvalue weighted by molar-refractivity contribution is 0.0938. The van der Waals surface area contributed by atoms with Gasteiger partial charge in [0.05, 0.1) is 28.2 Å². The molecule has 1 atom stereocenters. The van der Waals surface area contributed by atoms with Crippen LogP contribution in [0, 0.1) is 11.6 Å². The summed E-state index contributed by atoms with van der Waals surface area (Å²) in [4.78, 5) is 31.6. The van der Waals surface area contributed by atoms with E-state index in [0.29, 0.717) is 5.69 Å². The summed E-state index contributed by atoms with van der Waals surface area (Å²) in [7, 11) is 0. The summed E-state index contributed by atoms with van der Waals surface area (Å²) in [5.41, 5.74) is 0.745. The monoisotopic (exact) mass is 469 g/mol. The Hall–Kier alpha value is -4.59. The van der Waals surface area contributed by atoms with Gasteiger partial charge in [0, 0.05) is 6.07 Å². The second-order valence-corrected chi connectivity index (χ2v) is 8.51. The van der Waals surface area contributed by atoms with Crippen LogP contribution in [0.15, 0.2) is 77.6 Å². The van der Waals surface area contributed by atoms with E-state index in [1.165, 1.54) is 16.7 Å². The Labute approximate surface area is 197 Å². The third-order valence-electron chi connectivity index (χ3n) is 6.28. The number of carbonyl (C=O) groups is 1. The van der Waals surface area contributed by atoms with Crippen molar-refractivity contribution >= 4 is 27.6 Å². The number of halogens is 2. The SMILES string of the molecule is O=C1NC(Cc2ccc(O)cc2)c2nc3cc(F)c(F)cc3c(=O)n2-c2cc3ccccc3cc21. The van der Waals surface area contributed by atoms with Crippen LogP contribution in [0.5, 0.6) is 5.75 Å². The van der Waals surface area contributed by atoms with E-state index in [4.69, 9.17) is 0 Å². The third kappa shape index (κ3) is 3.42. The second kappa shape index (κ2) is 7.73. The van der Waals surface area contributed by atoms with Crippen LogP contribution >= 0.6 is 0 Å². The maximum absolute atomic E-state index is 14.1. The summed E-state index contributed by atoms with van der Waals surface area (Å²) in [6.45, 7) is 0. The van der Waals surface area contributed by atoms with Crippen LogP contribution in [0.1, 0.15) is 27.8 Å². The fourth-order valence-corrected chi connectivity index (χ4v) is 4.57. The molecule has 0 bridgehead atoms. The number of aromatic nitrogens is 2. The van der Waals surface area contributed by atoms with E-state index in [1.807, 2.05) is 24.3 Å². The van der Waals surface area contributed by atoms with Crippen LogP contribution < -0.4 is 10.9 Å². The number of phenolic OH excluding ortho intramolecular Hbond substituents is 1. The zero-order chi connectivity index (χ0) is 24.3. The molecule has 8 heteroatoms. The number of hydrogen-bond donors (Lipinski definition) is 2. The summed E-state index contributed by atoms with van der Waals surface area (Å²) in [5, 5.41) is 14.1. The average Bonchev–Trinajstić information content (AvgIpc) is 2.95. The van der Waals surface area contributed by atoms with Gasteiger partial charge in [0.25, 0.3) is 11.5 Å². The molecule has 1 aromatic heterocycles. The van der Waals surface area contributed by atoms with Crippen LogP contribution in [0.2, 0.25) is 0 Å². The Morgan fingerprint density at radius 3 is 2.34 bits per heavy atom. The van der Waals surface area contributed by atoms with Crippen molar-refractivity contribution in [3.8, 4) is 11.4 Å². The molecule has 0 saturated heterocycles. The van der Waals surface area contributed by atoms with Crippen LogP contribution in [0.3, 0.4) is 0 Å². The number of aromatic hydroxyl groups is 1. The van der Waals surface area contributed by atoms with Crippen LogP contribution in [0.25, 0.3) is 27.4 Å². The summed E-state index contributed by atoms with van der Waals surface area (Å²) in [5.74, 6) is -2.38. The molecule has 0 spiro atoms. The summed E-state index contributed by atoms with van der Waals surface area (Å²) in [6, 6.07) is 18.3. The van der Waals surface area contributed by atoms with Gasteiger partial charge in [-0.05, 0) is 53.1 Å². The van der Waals surface area contributed by atoms with Gasteiger partial charge >= 0.3 is 0 Å². The molecule has 2 N–H and O–H groups in total. The maximum atomic E-state index is 14.1. The van der Waals surface area contributed by atoms with Gasteiger partial charge in [-0.15, -0.1) is 0 Å². The lowest BCUT2D eigenvalue weighted by Gasteiger charge is -2.19. The Kier molecular flexibility index (Phi) is 4.63. The van der Waals surface area contributed by atoms with Crippen molar-refractivity contribution in [1.29, 1.82) is 0 Å². The van der Waals surface area contributed by atoms with Crippen molar-refractivity contribution in [3.05, 3.63) is 112 Å². The zero-order valence-electron chi connectivity index (χ0n) is 18.1. The molecule has 1 unspecified atom stereocenters. The Morgan fingerprint density at radius 2 is 1.60 bits per heavy atom. The second-order valence-electron chi connectivity index (χ2n) is 8.51. The Morgan fingerprint density at radius 1 is 0.914 bits per heavy atom. The molecular weight excluding hydrogens is 452 g/mol. The molecule has 2 heterocycles. The smallest absolute Gasteiger partial charge is 0.266 e. The van der Waals surface area contributed by atoms with Crippen molar-refractivity contribution < 1.29 is 18.7 Å². The van der Waals surface area contributed by atoms with Crippen molar-refractivity contribution in [2.75, 3.05) is 0 Å². The summed E-state index contributed by atoms with van der Waals surface area (Å²) in [6.07, 6.45) is 0.251. The first-order valence-electron chi connectivity index (χ1n) is 10.9. The molecule has 5 aromatic rings. The van der Waals surface area contributed by atoms with E-state index in [0.717, 1.165) is 28.5 Å². The van der Waals surface area contributed by atoms with E-state index >= 15 is 0 Å². The van der Waals surface area contributed by atoms with Gasteiger partial charge in [0.15, 0.2) is 11.6 Å². The van der Waals surface area contributed by atoms with E-state index < -0.39 is 29.1 Å². The molecule has 0 saturated carbocycles. The number of nitrogens with zero attached hydrogens (tertiary/aromatic N) is 2. The molecule has 6 rings (SSSR count). The number of rotatable bonds is 2. The average molecular weight is 469 g/mol. The predicted molar refractivity (Wildman–Crippen MR) is 127 cm³/mol. The topological polar surface area (TPSA) is 84.2 Å². The molecule has 0 fully saturated rings. The van der Waals surface area contributed by atoms with Gasteiger partial charge in [0.2, 0.25) is 0 Å². The number of nitrogens with one attached hydrogen (secondary N) is 1. The van der Waals surface area contributed by atoms with E-state index in [2.05, 4.69) is 10.3 Å². The first-order chi connectivity index (χ1) is 16.9. The fourth-order valence-electron chi connectivity index (χ4n) is 4.57. The highest BCUT2D eigenvalue weighted by Crippen LogP contribution is 2.30. The van der Waals surface area contributed by atoms with Crippen molar-refractivity contribution in [2.24, 2.45) is 0 Å². The molecule has 1 amide bonds. The third-order valence-corrected chi connectivity index (χ3v) is 6.28. The molecule has 0 aliphatic carbocycles. The highest BCUT2D eigenvalue weighted by atomic mass is 19.2. The number of hydrogen-bond acceptors (Lipinski definition) is 4. The number of carbonyl (C=O) groups excluding carboxylic acids is 1. The Bertz CT molecular complexity index is 1730. The minimum Gasteiger partial charge on any atom is -0.508 e. The molecule has 1 aliphatic rings.